The van der Waals surface area contributed by atoms with Crippen molar-refractivity contribution in [2.45, 2.75) is 39.7 Å². The standard InChI is InChI=1S/C14H21N/c1-10(2)5-14(15)9-13-7-11(3)6-12(4)8-13/h6-8,14H,1,5,9,15H2,2-4H3. The minimum absolute atomic E-state index is 0.198. The van der Waals surface area contributed by atoms with E-state index in [9.17, 15) is 0 Å². The number of aryl methyl sites for hydroxylation is 2. The van der Waals surface area contributed by atoms with Crippen LogP contribution in [0.1, 0.15) is 30.0 Å². The normalized spacial score (nSPS) is 12.5. The zero-order valence-corrected chi connectivity index (χ0v) is 10.0. The van der Waals surface area contributed by atoms with E-state index in [-0.39, 0.29) is 6.04 Å². The van der Waals surface area contributed by atoms with E-state index < -0.39 is 0 Å². The summed E-state index contributed by atoms with van der Waals surface area (Å²) in [6.45, 7) is 10.2. The highest BCUT2D eigenvalue weighted by Crippen LogP contribution is 2.12. The van der Waals surface area contributed by atoms with Crippen LogP contribution in [0.5, 0.6) is 0 Å². The van der Waals surface area contributed by atoms with Crippen LogP contribution < -0.4 is 5.73 Å². The molecule has 0 aliphatic rings. The predicted molar refractivity (Wildman–Crippen MR) is 67.0 cm³/mol. The first-order chi connectivity index (χ1) is 6.97. The van der Waals surface area contributed by atoms with Crippen molar-refractivity contribution < 1.29 is 0 Å². The first-order valence-corrected chi connectivity index (χ1v) is 5.44. The molecule has 0 saturated carbocycles. The van der Waals surface area contributed by atoms with Crippen LogP contribution in [0.4, 0.5) is 0 Å². The minimum atomic E-state index is 0.198. The third-order valence-electron chi connectivity index (χ3n) is 2.39. The molecule has 0 radical (unpaired) electrons. The molecule has 0 bridgehead atoms. The van der Waals surface area contributed by atoms with Crippen molar-refractivity contribution in [1.82, 2.24) is 0 Å². The van der Waals surface area contributed by atoms with E-state index in [1.807, 2.05) is 6.92 Å². The second-order valence-corrected chi connectivity index (χ2v) is 4.62. The average molecular weight is 203 g/mol. The van der Waals surface area contributed by atoms with Gasteiger partial charge in [0.1, 0.15) is 0 Å². The SMILES string of the molecule is C=C(C)CC(N)Cc1cc(C)cc(C)c1. The van der Waals surface area contributed by atoms with Gasteiger partial charge in [-0.05, 0) is 39.2 Å². The summed E-state index contributed by atoms with van der Waals surface area (Å²) in [4.78, 5) is 0. The molecule has 1 atom stereocenters. The van der Waals surface area contributed by atoms with Crippen molar-refractivity contribution in [3.63, 3.8) is 0 Å². The van der Waals surface area contributed by atoms with Crippen LogP contribution in [-0.2, 0) is 6.42 Å². The van der Waals surface area contributed by atoms with Crippen molar-refractivity contribution in [2.75, 3.05) is 0 Å². The van der Waals surface area contributed by atoms with Gasteiger partial charge < -0.3 is 5.73 Å². The van der Waals surface area contributed by atoms with Gasteiger partial charge in [-0.1, -0.05) is 34.9 Å². The lowest BCUT2D eigenvalue weighted by molar-refractivity contribution is 0.661. The maximum Gasteiger partial charge on any atom is 0.0116 e. The largest absolute Gasteiger partial charge is 0.327 e. The molecule has 1 aromatic carbocycles. The summed E-state index contributed by atoms with van der Waals surface area (Å²) in [5.41, 5.74) is 11.2. The lowest BCUT2D eigenvalue weighted by Crippen LogP contribution is -2.22. The molecule has 0 spiro atoms. The molecule has 0 fully saturated rings. The van der Waals surface area contributed by atoms with Gasteiger partial charge in [-0.15, -0.1) is 6.58 Å². The number of nitrogens with two attached hydrogens (primary N) is 1. The Labute approximate surface area is 93.0 Å². The molecule has 15 heavy (non-hydrogen) atoms. The Morgan fingerprint density at radius 1 is 1.27 bits per heavy atom. The molecule has 0 aromatic heterocycles. The maximum atomic E-state index is 6.05. The second-order valence-electron chi connectivity index (χ2n) is 4.62. The first kappa shape index (κ1) is 12.0. The van der Waals surface area contributed by atoms with Gasteiger partial charge in [-0.25, -0.2) is 0 Å². The summed E-state index contributed by atoms with van der Waals surface area (Å²) < 4.78 is 0. The van der Waals surface area contributed by atoms with E-state index in [1.54, 1.807) is 0 Å². The van der Waals surface area contributed by atoms with Gasteiger partial charge in [0.2, 0.25) is 0 Å². The third kappa shape index (κ3) is 4.30. The molecule has 0 heterocycles. The van der Waals surface area contributed by atoms with Gasteiger partial charge in [0.25, 0.3) is 0 Å². The molecule has 0 aliphatic carbocycles. The van der Waals surface area contributed by atoms with Gasteiger partial charge >= 0.3 is 0 Å². The van der Waals surface area contributed by atoms with Gasteiger partial charge in [0.15, 0.2) is 0 Å². The highest BCUT2D eigenvalue weighted by Gasteiger charge is 2.05. The third-order valence-corrected chi connectivity index (χ3v) is 2.39. The lowest BCUT2D eigenvalue weighted by atomic mass is 9.98. The summed E-state index contributed by atoms with van der Waals surface area (Å²) >= 11 is 0. The van der Waals surface area contributed by atoms with E-state index in [2.05, 4.69) is 38.6 Å². The molecule has 1 nitrogen and oxygen atoms in total. The maximum absolute atomic E-state index is 6.05. The van der Waals surface area contributed by atoms with E-state index in [1.165, 1.54) is 16.7 Å². The number of hydrogen-bond acceptors (Lipinski definition) is 1. The smallest absolute Gasteiger partial charge is 0.0116 e. The van der Waals surface area contributed by atoms with Gasteiger partial charge in [0.05, 0.1) is 0 Å². The highest BCUT2D eigenvalue weighted by molar-refractivity contribution is 5.29. The van der Waals surface area contributed by atoms with Crippen molar-refractivity contribution >= 4 is 0 Å². The average Bonchev–Trinajstić information content (AvgIpc) is 1.98. The molecule has 1 aromatic rings. The molecule has 0 amide bonds. The summed E-state index contributed by atoms with van der Waals surface area (Å²) in [5, 5.41) is 0. The van der Waals surface area contributed by atoms with Crippen LogP contribution in [0.2, 0.25) is 0 Å². The van der Waals surface area contributed by atoms with Crippen LogP contribution in [0.3, 0.4) is 0 Å². The molecule has 1 unspecified atom stereocenters. The fourth-order valence-electron chi connectivity index (χ4n) is 2.01. The van der Waals surface area contributed by atoms with Gasteiger partial charge in [0, 0.05) is 6.04 Å². The second kappa shape index (κ2) is 5.13. The topological polar surface area (TPSA) is 26.0 Å². The van der Waals surface area contributed by atoms with Crippen LogP contribution >= 0.6 is 0 Å². The summed E-state index contributed by atoms with van der Waals surface area (Å²) in [6.07, 6.45) is 1.85. The fourth-order valence-corrected chi connectivity index (χ4v) is 2.01. The van der Waals surface area contributed by atoms with Crippen molar-refractivity contribution in [3.05, 3.63) is 47.0 Å². The molecule has 0 aliphatic heterocycles. The molecular weight excluding hydrogens is 182 g/mol. The lowest BCUT2D eigenvalue weighted by Gasteiger charge is -2.12. The molecule has 82 valence electrons. The van der Waals surface area contributed by atoms with Crippen LogP contribution in [0.25, 0.3) is 0 Å². The summed E-state index contributed by atoms with van der Waals surface area (Å²) in [7, 11) is 0. The quantitative estimate of drug-likeness (QED) is 0.747. The van der Waals surface area contributed by atoms with Gasteiger partial charge in [-0.3, -0.25) is 0 Å². The Bertz CT molecular complexity index is 332. The van der Waals surface area contributed by atoms with Crippen molar-refractivity contribution in [1.29, 1.82) is 0 Å². The monoisotopic (exact) mass is 203 g/mol. The van der Waals surface area contributed by atoms with Crippen LogP contribution in [0, 0.1) is 13.8 Å². The predicted octanol–water partition coefficient (Wildman–Crippen LogP) is 3.14. The van der Waals surface area contributed by atoms with E-state index in [0.29, 0.717) is 0 Å². The van der Waals surface area contributed by atoms with Crippen LogP contribution in [0.15, 0.2) is 30.4 Å². The van der Waals surface area contributed by atoms with Gasteiger partial charge in [-0.2, -0.15) is 0 Å². The van der Waals surface area contributed by atoms with E-state index in [0.717, 1.165) is 18.4 Å². The Morgan fingerprint density at radius 2 is 1.80 bits per heavy atom. The Kier molecular flexibility index (Phi) is 4.10. The number of benzene rings is 1. The molecule has 1 heteroatoms. The first-order valence-electron chi connectivity index (χ1n) is 5.44. The minimum Gasteiger partial charge on any atom is -0.327 e. The Balaban J connectivity index is 2.67. The molecule has 0 saturated heterocycles. The number of rotatable bonds is 4. The fraction of sp³-hybridized carbons (Fsp3) is 0.429. The zero-order chi connectivity index (χ0) is 11.4. The highest BCUT2D eigenvalue weighted by atomic mass is 14.6. The zero-order valence-electron chi connectivity index (χ0n) is 10.0. The van der Waals surface area contributed by atoms with Crippen LogP contribution in [-0.4, -0.2) is 6.04 Å². The van der Waals surface area contributed by atoms with E-state index >= 15 is 0 Å². The van der Waals surface area contributed by atoms with E-state index in [4.69, 9.17) is 5.73 Å². The molecular formula is C14H21N. The Morgan fingerprint density at radius 3 is 2.27 bits per heavy atom. The summed E-state index contributed by atoms with van der Waals surface area (Å²) in [5.74, 6) is 0. The summed E-state index contributed by atoms with van der Waals surface area (Å²) in [6, 6.07) is 6.81. The molecule has 2 N–H and O–H groups in total. The Hall–Kier alpha value is -1.08. The number of hydrogen-bond donors (Lipinski definition) is 1. The van der Waals surface area contributed by atoms with Crippen molar-refractivity contribution in [2.24, 2.45) is 5.73 Å². The molecule has 1 rings (SSSR count). The van der Waals surface area contributed by atoms with Crippen molar-refractivity contribution in [3.8, 4) is 0 Å².